The number of anilines is 1. The third kappa shape index (κ3) is 7.74. The molecule has 1 aromatic carbocycles. The molecule has 0 fully saturated rings. The third-order valence-corrected chi connectivity index (χ3v) is 5.18. The van der Waals surface area contributed by atoms with E-state index in [-0.39, 0.29) is 0 Å². The Hall–Kier alpha value is -1.83. The Kier molecular flexibility index (Phi) is 9.38. The summed E-state index contributed by atoms with van der Waals surface area (Å²) in [4.78, 5) is 2.07. The van der Waals surface area contributed by atoms with E-state index in [0.29, 0.717) is 6.10 Å². The number of aromatic nitrogens is 1. The highest BCUT2D eigenvalue weighted by molar-refractivity contribution is 7.12. The Morgan fingerprint density at radius 2 is 1.89 bits per heavy atom. The van der Waals surface area contributed by atoms with E-state index in [0.717, 1.165) is 55.4 Å². The maximum absolute atomic E-state index is 5.26. The first-order valence-corrected chi connectivity index (χ1v) is 10.4. The predicted molar refractivity (Wildman–Crippen MR) is 113 cm³/mol. The van der Waals surface area contributed by atoms with Crippen molar-refractivity contribution in [3.8, 4) is 0 Å². The number of nitrogens with one attached hydrogen (secondary N) is 1. The SMILES string of the molecule is COC(C)CCCNCCC[n+]1ccsc1N=Nc1ccc(N(C)C)cc1. The van der Waals surface area contributed by atoms with Gasteiger partial charge in [-0.1, -0.05) is 0 Å². The number of aryl methyl sites for hydroxylation is 1. The average Bonchev–Trinajstić information content (AvgIpc) is 3.13. The Bertz CT molecular complexity index is 684. The molecular weight excluding hydrogens is 358 g/mol. The fourth-order valence-electron chi connectivity index (χ4n) is 2.60. The zero-order chi connectivity index (χ0) is 19.5. The van der Waals surface area contributed by atoms with Gasteiger partial charge in [0.1, 0.15) is 11.9 Å². The Labute approximate surface area is 166 Å². The molecule has 0 aliphatic heterocycles. The highest BCUT2D eigenvalue weighted by Crippen LogP contribution is 2.21. The van der Waals surface area contributed by atoms with E-state index in [1.807, 2.05) is 26.2 Å². The molecule has 1 unspecified atom stereocenters. The lowest BCUT2D eigenvalue weighted by Gasteiger charge is -2.11. The van der Waals surface area contributed by atoms with E-state index < -0.39 is 0 Å². The van der Waals surface area contributed by atoms with Crippen molar-refractivity contribution in [2.24, 2.45) is 10.2 Å². The number of rotatable bonds is 12. The van der Waals surface area contributed by atoms with Crippen molar-refractivity contribution in [1.82, 2.24) is 5.32 Å². The molecule has 1 aromatic heterocycles. The maximum atomic E-state index is 5.26. The van der Waals surface area contributed by atoms with Gasteiger partial charge in [-0.05, 0) is 80.0 Å². The lowest BCUT2D eigenvalue weighted by Crippen LogP contribution is -2.33. The minimum absolute atomic E-state index is 0.347. The van der Waals surface area contributed by atoms with Gasteiger partial charge in [-0.15, -0.1) is 0 Å². The van der Waals surface area contributed by atoms with Crippen LogP contribution in [0.1, 0.15) is 26.2 Å². The number of nitrogens with zero attached hydrogens (tertiary/aromatic N) is 4. The van der Waals surface area contributed by atoms with E-state index in [1.165, 1.54) is 0 Å². The zero-order valence-corrected chi connectivity index (χ0v) is 17.7. The number of hydrogen-bond donors (Lipinski definition) is 1. The normalized spacial score (nSPS) is 12.6. The van der Waals surface area contributed by atoms with Crippen LogP contribution in [0, 0.1) is 0 Å². The second kappa shape index (κ2) is 11.8. The first kappa shape index (κ1) is 21.5. The monoisotopic (exact) mass is 390 g/mol. The highest BCUT2D eigenvalue weighted by Gasteiger charge is 2.11. The molecule has 0 amide bonds. The maximum Gasteiger partial charge on any atom is 0.408 e. The molecule has 0 saturated heterocycles. The summed E-state index contributed by atoms with van der Waals surface area (Å²) in [6.45, 7) is 5.10. The van der Waals surface area contributed by atoms with Crippen molar-refractivity contribution in [3.63, 3.8) is 0 Å². The van der Waals surface area contributed by atoms with Crippen molar-refractivity contribution in [3.05, 3.63) is 35.8 Å². The van der Waals surface area contributed by atoms with Crippen LogP contribution in [0.15, 0.2) is 46.1 Å². The summed E-state index contributed by atoms with van der Waals surface area (Å²) in [5, 5.41) is 15.3. The lowest BCUT2D eigenvalue weighted by atomic mass is 10.2. The standard InChI is InChI=1S/C20H32N5OS/c1-17(26-4)7-5-12-21-13-6-14-25-15-16-27-20(25)23-22-18-8-10-19(11-9-18)24(2)3/h8-11,15-17,21H,5-7,12-14H2,1-4H3/q+1. The molecule has 27 heavy (non-hydrogen) atoms. The fourth-order valence-corrected chi connectivity index (χ4v) is 3.30. The molecule has 0 spiro atoms. The molecule has 1 atom stereocenters. The van der Waals surface area contributed by atoms with Crippen LogP contribution < -0.4 is 14.8 Å². The number of azo groups is 1. The van der Waals surface area contributed by atoms with E-state index in [2.05, 4.69) is 55.6 Å². The number of hydrogen-bond acceptors (Lipinski definition) is 6. The smallest absolute Gasteiger partial charge is 0.382 e. The molecule has 6 nitrogen and oxygen atoms in total. The van der Waals surface area contributed by atoms with Gasteiger partial charge < -0.3 is 15.0 Å². The van der Waals surface area contributed by atoms with Gasteiger partial charge in [0.2, 0.25) is 0 Å². The van der Waals surface area contributed by atoms with Crippen molar-refractivity contribution >= 4 is 27.8 Å². The number of thiazole rings is 1. The molecule has 7 heteroatoms. The minimum atomic E-state index is 0.347. The molecule has 148 valence electrons. The largest absolute Gasteiger partial charge is 0.408 e. The summed E-state index contributed by atoms with van der Waals surface area (Å²) in [7, 11) is 5.82. The molecule has 2 rings (SSSR count). The van der Waals surface area contributed by atoms with Crippen LogP contribution in [0.5, 0.6) is 0 Å². The summed E-state index contributed by atoms with van der Waals surface area (Å²) in [5.41, 5.74) is 2.02. The summed E-state index contributed by atoms with van der Waals surface area (Å²) >= 11 is 1.61. The van der Waals surface area contributed by atoms with E-state index in [9.17, 15) is 0 Å². The van der Waals surface area contributed by atoms with Crippen LogP contribution in [0.3, 0.4) is 0 Å². The van der Waals surface area contributed by atoms with Crippen molar-refractivity contribution < 1.29 is 9.30 Å². The van der Waals surface area contributed by atoms with Gasteiger partial charge in [0, 0.05) is 32.3 Å². The lowest BCUT2D eigenvalue weighted by molar-refractivity contribution is -0.680. The quantitative estimate of drug-likeness (QED) is 0.334. The molecule has 1 heterocycles. The minimum Gasteiger partial charge on any atom is -0.382 e. The van der Waals surface area contributed by atoms with Gasteiger partial charge in [-0.2, -0.15) is 0 Å². The van der Waals surface area contributed by atoms with Crippen LogP contribution >= 0.6 is 11.3 Å². The third-order valence-electron chi connectivity index (χ3n) is 4.40. The molecular formula is C20H32N5OS+. The van der Waals surface area contributed by atoms with E-state index >= 15 is 0 Å². The van der Waals surface area contributed by atoms with Gasteiger partial charge in [0.25, 0.3) is 0 Å². The van der Waals surface area contributed by atoms with Gasteiger partial charge in [-0.25, -0.2) is 4.57 Å². The first-order chi connectivity index (χ1) is 13.1. The Morgan fingerprint density at radius 1 is 1.15 bits per heavy atom. The van der Waals surface area contributed by atoms with Crippen molar-refractivity contribution in [1.29, 1.82) is 0 Å². The first-order valence-electron chi connectivity index (χ1n) is 9.49. The number of methoxy groups -OCH3 is 1. The summed E-state index contributed by atoms with van der Waals surface area (Å²) < 4.78 is 7.42. The molecule has 0 radical (unpaired) electrons. The van der Waals surface area contributed by atoms with Gasteiger partial charge in [0.05, 0.1) is 17.8 Å². The Balaban J connectivity index is 1.73. The van der Waals surface area contributed by atoms with Gasteiger partial charge in [-0.3, -0.25) is 0 Å². The van der Waals surface area contributed by atoms with Crippen LogP contribution in [0.4, 0.5) is 16.5 Å². The van der Waals surface area contributed by atoms with Crippen molar-refractivity contribution in [2.75, 3.05) is 39.2 Å². The highest BCUT2D eigenvalue weighted by atomic mass is 32.1. The Morgan fingerprint density at radius 3 is 2.59 bits per heavy atom. The number of ether oxygens (including phenoxy) is 1. The molecule has 0 aliphatic rings. The van der Waals surface area contributed by atoms with E-state index in [4.69, 9.17) is 4.74 Å². The van der Waals surface area contributed by atoms with Crippen LogP contribution in [0.2, 0.25) is 0 Å². The second-order valence-electron chi connectivity index (χ2n) is 6.78. The van der Waals surface area contributed by atoms with Gasteiger partial charge >= 0.3 is 5.13 Å². The molecule has 0 aliphatic carbocycles. The second-order valence-corrected chi connectivity index (χ2v) is 7.65. The summed E-state index contributed by atoms with van der Waals surface area (Å²) in [6, 6.07) is 8.09. The topological polar surface area (TPSA) is 53.1 Å². The van der Waals surface area contributed by atoms with Crippen LogP contribution in [0.25, 0.3) is 0 Å². The summed E-state index contributed by atoms with van der Waals surface area (Å²) in [5.74, 6) is 0. The van der Waals surface area contributed by atoms with E-state index in [1.54, 1.807) is 18.4 Å². The van der Waals surface area contributed by atoms with Gasteiger partial charge in [0.15, 0.2) is 0 Å². The average molecular weight is 391 g/mol. The molecule has 1 N–H and O–H groups in total. The summed E-state index contributed by atoms with van der Waals surface area (Å²) in [6.07, 6.45) is 5.74. The van der Waals surface area contributed by atoms with Crippen LogP contribution in [-0.2, 0) is 11.3 Å². The molecule has 0 bridgehead atoms. The van der Waals surface area contributed by atoms with Crippen molar-refractivity contribution in [2.45, 2.75) is 38.8 Å². The van der Waals surface area contributed by atoms with Crippen LogP contribution in [-0.4, -0.2) is 40.4 Å². The molecule has 0 saturated carbocycles. The fraction of sp³-hybridized carbons (Fsp3) is 0.550. The molecule has 2 aromatic rings. The predicted octanol–water partition coefficient (Wildman–Crippen LogP) is 4.31. The zero-order valence-electron chi connectivity index (χ0n) is 16.9. The number of benzene rings is 1.